The molecule has 0 radical (unpaired) electrons. The molecule has 0 aliphatic carbocycles. The normalized spacial score (nSPS) is 16.9. The first-order valence-corrected chi connectivity index (χ1v) is 10.6. The van der Waals surface area contributed by atoms with Crippen LogP contribution in [-0.4, -0.2) is 70.0 Å². The Morgan fingerprint density at radius 3 is 2.84 bits per heavy atom. The molecule has 1 aliphatic rings. The van der Waals surface area contributed by atoms with Crippen LogP contribution in [0.2, 0.25) is 0 Å². The Morgan fingerprint density at radius 2 is 2.16 bits per heavy atom. The average Bonchev–Trinajstić information content (AvgIpc) is 2.74. The molecule has 0 saturated carbocycles. The minimum Gasteiger partial charge on any atom is -0.493 e. The van der Waals surface area contributed by atoms with Crippen LogP contribution in [0.4, 0.5) is 0 Å². The monoisotopic (exact) mass is 544 g/mol. The summed E-state index contributed by atoms with van der Waals surface area (Å²) in [6, 6.07) is 5.76. The van der Waals surface area contributed by atoms with Gasteiger partial charge in [0.05, 0.1) is 26.4 Å². The van der Waals surface area contributed by atoms with E-state index in [9.17, 15) is 0 Å². The van der Waals surface area contributed by atoms with Crippen molar-refractivity contribution in [1.82, 2.24) is 15.5 Å². The number of methoxy groups -OCH3 is 1. The first-order chi connectivity index (χ1) is 14.5. The van der Waals surface area contributed by atoms with E-state index in [1.165, 1.54) is 0 Å². The predicted molar refractivity (Wildman–Crippen MR) is 137 cm³/mol. The molecular formula is C23H37IN4O3. The lowest BCUT2D eigenvalue weighted by atomic mass is 10.2. The summed E-state index contributed by atoms with van der Waals surface area (Å²) in [5, 5.41) is 6.71. The molecule has 1 aromatic carbocycles. The second-order valence-electron chi connectivity index (χ2n) is 7.70. The molecule has 0 spiro atoms. The van der Waals surface area contributed by atoms with Gasteiger partial charge < -0.3 is 24.8 Å². The van der Waals surface area contributed by atoms with Gasteiger partial charge in [-0.05, 0) is 30.5 Å². The number of rotatable bonds is 10. The maximum absolute atomic E-state index is 5.93. The quantitative estimate of drug-likeness (QED) is 0.205. The van der Waals surface area contributed by atoms with E-state index in [4.69, 9.17) is 25.6 Å². The molecule has 0 amide bonds. The summed E-state index contributed by atoms with van der Waals surface area (Å²) in [5.74, 6) is 5.19. The first kappa shape index (κ1) is 27.3. The third kappa shape index (κ3) is 9.97. The van der Waals surface area contributed by atoms with Crippen LogP contribution in [0.3, 0.4) is 0 Å². The van der Waals surface area contributed by atoms with Gasteiger partial charge in [-0.1, -0.05) is 25.8 Å². The molecule has 8 heteroatoms. The van der Waals surface area contributed by atoms with Crippen LogP contribution in [0, 0.1) is 18.3 Å². The second-order valence-corrected chi connectivity index (χ2v) is 7.70. The van der Waals surface area contributed by atoms with Gasteiger partial charge in [-0.2, -0.15) is 0 Å². The topological polar surface area (TPSA) is 67.4 Å². The number of morpholine rings is 1. The molecular weight excluding hydrogens is 507 g/mol. The first-order valence-electron chi connectivity index (χ1n) is 10.6. The summed E-state index contributed by atoms with van der Waals surface area (Å²) >= 11 is 0. The fraction of sp³-hybridized carbons (Fsp3) is 0.609. The van der Waals surface area contributed by atoms with Crippen molar-refractivity contribution >= 4 is 29.9 Å². The summed E-state index contributed by atoms with van der Waals surface area (Å²) in [6.07, 6.45) is 5.46. The largest absolute Gasteiger partial charge is 0.493 e. The number of nitrogens with zero attached hydrogens (tertiary/aromatic N) is 2. The van der Waals surface area contributed by atoms with Crippen molar-refractivity contribution in [3.05, 3.63) is 23.8 Å². The summed E-state index contributed by atoms with van der Waals surface area (Å²) in [7, 11) is 1.61. The highest BCUT2D eigenvalue weighted by Crippen LogP contribution is 2.28. The Hall–Kier alpha value is -1.70. The molecule has 0 bridgehead atoms. The summed E-state index contributed by atoms with van der Waals surface area (Å²) < 4.78 is 16.8. The fourth-order valence-corrected chi connectivity index (χ4v) is 3.36. The Bertz CT molecular complexity index is 721. The Morgan fingerprint density at radius 1 is 1.35 bits per heavy atom. The number of benzene rings is 1. The number of nitrogens with one attached hydrogen (secondary N) is 2. The molecule has 1 unspecified atom stereocenters. The number of halogens is 1. The van der Waals surface area contributed by atoms with Crippen molar-refractivity contribution in [2.45, 2.75) is 33.4 Å². The van der Waals surface area contributed by atoms with Crippen molar-refractivity contribution in [1.29, 1.82) is 0 Å². The van der Waals surface area contributed by atoms with Crippen LogP contribution >= 0.6 is 24.0 Å². The Balaban J connectivity index is 0.00000480. The van der Waals surface area contributed by atoms with E-state index in [2.05, 4.69) is 42.2 Å². The van der Waals surface area contributed by atoms with Crippen LogP contribution in [0.15, 0.2) is 23.2 Å². The van der Waals surface area contributed by atoms with E-state index >= 15 is 0 Å². The second kappa shape index (κ2) is 15.2. The molecule has 1 heterocycles. The van der Waals surface area contributed by atoms with Crippen molar-refractivity contribution < 1.29 is 14.2 Å². The van der Waals surface area contributed by atoms with Crippen LogP contribution in [0.5, 0.6) is 11.5 Å². The zero-order chi connectivity index (χ0) is 21.8. The molecule has 1 fully saturated rings. The molecule has 1 atom stereocenters. The standard InChI is InChI=1S/C23H36N4O3.HI/c1-6-11-30-22-13-19(8-9-21(22)28-5)14-25-23(24-7-2)26-15-20-17-27(10-12-29-20)16-18(3)4;/h1,8-9,13,18,20H,7,10-12,14-17H2,2-5H3,(H2,24,25,26);1H. The lowest BCUT2D eigenvalue weighted by molar-refractivity contribution is -0.0284. The minimum atomic E-state index is 0. The molecule has 0 aromatic heterocycles. The lowest BCUT2D eigenvalue weighted by Crippen LogP contribution is -2.50. The van der Waals surface area contributed by atoms with E-state index in [1.807, 2.05) is 18.2 Å². The third-order valence-corrected chi connectivity index (χ3v) is 4.65. The molecule has 1 aromatic rings. The van der Waals surface area contributed by atoms with Gasteiger partial charge in [-0.15, -0.1) is 30.4 Å². The van der Waals surface area contributed by atoms with Crippen LogP contribution < -0.4 is 20.1 Å². The highest BCUT2D eigenvalue weighted by Gasteiger charge is 2.21. The van der Waals surface area contributed by atoms with Crippen LogP contribution in [0.25, 0.3) is 0 Å². The predicted octanol–water partition coefficient (Wildman–Crippen LogP) is 2.74. The van der Waals surface area contributed by atoms with Gasteiger partial charge in [-0.25, -0.2) is 4.99 Å². The van der Waals surface area contributed by atoms with Crippen molar-refractivity contribution in [3.8, 4) is 23.8 Å². The third-order valence-electron chi connectivity index (χ3n) is 4.65. The Labute approximate surface area is 204 Å². The van der Waals surface area contributed by atoms with Gasteiger partial charge in [0.2, 0.25) is 0 Å². The SMILES string of the molecule is C#CCOc1cc(CN=C(NCC)NCC2CN(CC(C)C)CCO2)ccc1OC.I. The Kier molecular flexibility index (Phi) is 13.4. The van der Waals surface area contributed by atoms with Gasteiger partial charge in [0.15, 0.2) is 17.5 Å². The van der Waals surface area contributed by atoms with E-state index in [1.54, 1.807) is 7.11 Å². The maximum atomic E-state index is 5.93. The van der Waals surface area contributed by atoms with Gasteiger partial charge >= 0.3 is 0 Å². The average molecular weight is 544 g/mol. The number of hydrogen-bond donors (Lipinski definition) is 2. The summed E-state index contributed by atoms with van der Waals surface area (Å²) in [5.41, 5.74) is 1.01. The molecule has 1 aliphatic heterocycles. The molecule has 31 heavy (non-hydrogen) atoms. The fourth-order valence-electron chi connectivity index (χ4n) is 3.36. The molecule has 7 nitrogen and oxygen atoms in total. The zero-order valence-corrected chi connectivity index (χ0v) is 21.5. The smallest absolute Gasteiger partial charge is 0.191 e. The van der Waals surface area contributed by atoms with Crippen LogP contribution in [-0.2, 0) is 11.3 Å². The highest BCUT2D eigenvalue weighted by atomic mass is 127. The number of aliphatic imine (C=N–C) groups is 1. The van der Waals surface area contributed by atoms with E-state index in [0.717, 1.165) is 50.9 Å². The summed E-state index contributed by atoms with van der Waals surface area (Å²) in [6.45, 7) is 12.6. The number of guanidine groups is 1. The number of terminal acetylenes is 1. The van der Waals surface area contributed by atoms with Crippen LogP contribution in [0.1, 0.15) is 26.3 Å². The van der Waals surface area contributed by atoms with Crippen molar-refractivity contribution in [3.63, 3.8) is 0 Å². The lowest BCUT2D eigenvalue weighted by Gasteiger charge is -2.34. The van der Waals surface area contributed by atoms with Gasteiger partial charge in [-0.3, -0.25) is 4.90 Å². The molecule has 2 N–H and O–H groups in total. The van der Waals surface area contributed by atoms with E-state index in [0.29, 0.717) is 24.0 Å². The van der Waals surface area contributed by atoms with Crippen molar-refractivity contribution in [2.75, 3.05) is 53.0 Å². The maximum Gasteiger partial charge on any atom is 0.191 e. The summed E-state index contributed by atoms with van der Waals surface area (Å²) in [4.78, 5) is 7.17. The van der Waals surface area contributed by atoms with E-state index < -0.39 is 0 Å². The molecule has 2 rings (SSSR count). The van der Waals surface area contributed by atoms with Crippen molar-refractivity contribution in [2.24, 2.45) is 10.9 Å². The number of hydrogen-bond acceptors (Lipinski definition) is 5. The number of ether oxygens (including phenoxy) is 3. The highest BCUT2D eigenvalue weighted by molar-refractivity contribution is 14.0. The van der Waals surface area contributed by atoms with Gasteiger partial charge in [0, 0.05) is 32.7 Å². The minimum absolute atomic E-state index is 0. The molecule has 174 valence electrons. The zero-order valence-electron chi connectivity index (χ0n) is 19.1. The van der Waals surface area contributed by atoms with E-state index in [-0.39, 0.29) is 36.7 Å². The molecule has 1 saturated heterocycles. The van der Waals surface area contributed by atoms with Gasteiger partial charge in [0.1, 0.15) is 6.61 Å². The van der Waals surface area contributed by atoms with Gasteiger partial charge in [0.25, 0.3) is 0 Å².